The molecule has 0 saturated carbocycles. The molecule has 0 atom stereocenters. The molecule has 1 rings (SSSR count). The first-order valence-electron chi connectivity index (χ1n) is 2.98. The number of aryl methyl sites for hydroxylation is 1. The number of hydrogen-bond donors (Lipinski definition) is 1. The van der Waals surface area contributed by atoms with Crippen LogP contribution in [0.5, 0.6) is 0 Å². The van der Waals surface area contributed by atoms with Crippen LogP contribution in [0.1, 0.15) is 5.89 Å². The van der Waals surface area contributed by atoms with Gasteiger partial charge in [-0.3, -0.25) is 0 Å². The summed E-state index contributed by atoms with van der Waals surface area (Å²) in [6.45, 7) is 2.43. The monoisotopic (exact) mass is 143 g/mol. The molecule has 5 heteroatoms. The fraction of sp³-hybridized carbons (Fsp3) is 0.600. The van der Waals surface area contributed by atoms with Gasteiger partial charge in [0, 0.05) is 13.5 Å². The van der Waals surface area contributed by atoms with Gasteiger partial charge in [0.1, 0.15) is 0 Å². The highest BCUT2D eigenvalue weighted by Gasteiger charge is 2.00. The van der Waals surface area contributed by atoms with E-state index < -0.39 is 5.76 Å². The van der Waals surface area contributed by atoms with Crippen molar-refractivity contribution >= 4 is 0 Å². The summed E-state index contributed by atoms with van der Waals surface area (Å²) < 4.78 is 5.81. The average Bonchev–Trinajstić information content (AvgIpc) is 2.13. The van der Waals surface area contributed by atoms with E-state index >= 15 is 0 Å². The molecule has 0 amide bonds. The second kappa shape index (κ2) is 2.66. The van der Waals surface area contributed by atoms with Crippen LogP contribution in [0.15, 0.2) is 9.21 Å². The molecule has 0 fully saturated rings. The fourth-order valence-corrected chi connectivity index (χ4v) is 0.674. The van der Waals surface area contributed by atoms with Crippen LogP contribution in [0.4, 0.5) is 0 Å². The van der Waals surface area contributed by atoms with Crippen molar-refractivity contribution in [1.82, 2.24) is 9.78 Å². The third-order valence-corrected chi connectivity index (χ3v) is 1.05. The molecule has 2 N–H and O–H groups in total. The molecule has 0 unspecified atom stereocenters. The van der Waals surface area contributed by atoms with Crippen LogP contribution in [-0.4, -0.2) is 16.3 Å². The van der Waals surface area contributed by atoms with E-state index in [1.54, 1.807) is 6.92 Å². The van der Waals surface area contributed by atoms with E-state index in [9.17, 15) is 4.79 Å². The normalized spacial score (nSPS) is 10.2. The Bertz CT molecular complexity index is 262. The van der Waals surface area contributed by atoms with E-state index in [-0.39, 0.29) is 0 Å². The molecular formula is C5H9N3O2. The van der Waals surface area contributed by atoms with Crippen molar-refractivity contribution in [3.05, 3.63) is 16.4 Å². The van der Waals surface area contributed by atoms with Gasteiger partial charge in [-0.2, -0.15) is 4.68 Å². The van der Waals surface area contributed by atoms with E-state index in [1.165, 1.54) is 4.68 Å². The highest BCUT2D eigenvalue weighted by molar-refractivity contribution is 4.67. The Morgan fingerprint density at radius 3 is 2.90 bits per heavy atom. The first kappa shape index (κ1) is 7.01. The van der Waals surface area contributed by atoms with Crippen LogP contribution >= 0.6 is 0 Å². The molecule has 0 bridgehead atoms. The lowest BCUT2D eigenvalue weighted by atomic mass is 10.7. The van der Waals surface area contributed by atoms with E-state index in [0.717, 1.165) is 0 Å². The SMILES string of the molecule is Cc1nn(CCN)c(=O)o1. The summed E-state index contributed by atoms with van der Waals surface area (Å²) in [5.74, 6) is -0.0681. The first-order valence-corrected chi connectivity index (χ1v) is 2.98. The lowest BCUT2D eigenvalue weighted by Crippen LogP contribution is -2.20. The summed E-state index contributed by atoms with van der Waals surface area (Å²) in [7, 11) is 0. The zero-order valence-corrected chi connectivity index (χ0v) is 5.70. The zero-order chi connectivity index (χ0) is 7.56. The fourth-order valence-electron chi connectivity index (χ4n) is 0.674. The van der Waals surface area contributed by atoms with Crippen LogP contribution in [0.25, 0.3) is 0 Å². The summed E-state index contributed by atoms with van der Waals surface area (Å²) in [6, 6.07) is 0. The largest absolute Gasteiger partial charge is 0.437 e. The lowest BCUT2D eigenvalue weighted by Gasteiger charge is -1.89. The van der Waals surface area contributed by atoms with Crippen molar-refractivity contribution in [3.8, 4) is 0 Å². The maximum atomic E-state index is 10.7. The molecule has 0 aromatic carbocycles. The molecule has 0 radical (unpaired) electrons. The molecule has 5 nitrogen and oxygen atoms in total. The summed E-state index contributed by atoms with van der Waals surface area (Å²) >= 11 is 0. The molecule has 1 aromatic rings. The van der Waals surface area contributed by atoms with Crippen molar-refractivity contribution in [2.75, 3.05) is 6.54 Å². The summed E-state index contributed by atoms with van der Waals surface area (Å²) in [4.78, 5) is 10.7. The van der Waals surface area contributed by atoms with Gasteiger partial charge in [0.05, 0.1) is 6.54 Å². The van der Waals surface area contributed by atoms with Gasteiger partial charge in [0.25, 0.3) is 0 Å². The Labute approximate surface area is 57.4 Å². The number of aromatic nitrogens is 2. The Kier molecular flexibility index (Phi) is 1.86. The quantitative estimate of drug-likeness (QED) is 0.582. The summed E-state index contributed by atoms with van der Waals surface area (Å²) in [5, 5.41) is 3.76. The minimum absolute atomic E-state index is 0.374. The van der Waals surface area contributed by atoms with Crippen LogP contribution in [0, 0.1) is 6.92 Å². The zero-order valence-electron chi connectivity index (χ0n) is 5.70. The van der Waals surface area contributed by atoms with Gasteiger partial charge in [-0.25, -0.2) is 4.79 Å². The standard InChI is InChI=1S/C5H9N3O2/c1-4-7-8(3-2-6)5(9)10-4/h2-3,6H2,1H3. The molecule has 1 aromatic heterocycles. The summed E-state index contributed by atoms with van der Waals surface area (Å²) in [6.07, 6.45) is 0. The highest BCUT2D eigenvalue weighted by Crippen LogP contribution is 1.83. The molecule has 0 aliphatic carbocycles. The van der Waals surface area contributed by atoms with Crippen LogP contribution in [-0.2, 0) is 6.54 Å². The number of nitrogens with two attached hydrogens (primary N) is 1. The third kappa shape index (κ3) is 1.24. The number of rotatable bonds is 2. The van der Waals surface area contributed by atoms with Crippen molar-refractivity contribution < 1.29 is 4.42 Å². The van der Waals surface area contributed by atoms with Crippen LogP contribution in [0.2, 0.25) is 0 Å². The average molecular weight is 143 g/mol. The lowest BCUT2D eigenvalue weighted by molar-refractivity contribution is 0.460. The van der Waals surface area contributed by atoms with Gasteiger partial charge in [0.15, 0.2) is 0 Å². The van der Waals surface area contributed by atoms with Gasteiger partial charge < -0.3 is 10.2 Å². The van der Waals surface area contributed by atoms with Crippen molar-refractivity contribution in [2.45, 2.75) is 13.5 Å². The predicted octanol–water partition coefficient (Wildman–Crippen LogP) is -0.897. The van der Waals surface area contributed by atoms with Gasteiger partial charge in [-0.05, 0) is 0 Å². The third-order valence-electron chi connectivity index (χ3n) is 1.05. The van der Waals surface area contributed by atoms with E-state index in [4.69, 9.17) is 5.73 Å². The second-order valence-electron chi connectivity index (χ2n) is 1.90. The molecule has 0 aliphatic heterocycles. The molecule has 1 heterocycles. The Balaban J connectivity index is 2.92. The van der Waals surface area contributed by atoms with Crippen molar-refractivity contribution in [1.29, 1.82) is 0 Å². The smallest absolute Gasteiger partial charge is 0.393 e. The first-order chi connectivity index (χ1) is 4.74. The number of hydrogen-bond acceptors (Lipinski definition) is 4. The minimum atomic E-state index is -0.442. The van der Waals surface area contributed by atoms with Crippen LogP contribution < -0.4 is 11.5 Å². The molecule has 56 valence electrons. The molecule has 0 aliphatic rings. The van der Waals surface area contributed by atoms with E-state index in [0.29, 0.717) is 19.0 Å². The Morgan fingerprint density at radius 2 is 2.50 bits per heavy atom. The van der Waals surface area contributed by atoms with Gasteiger partial charge in [0.2, 0.25) is 5.89 Å². The maximum absolute atomic E-state index is 10.7. The number of nitrogens with zero attached hydrogens (tertiary/aromatic N) is 2. The molecule has 10 heavy (non-hydrogen) atoms. The second-order valence-corrected chi connectivity index (χ2v) is 1.90. The molecule has 0 saturated heterocycles. The van der Waals surface area contributed by atoms with Gasteiger partial charge in [-0.15, -0.1) is 5.10 Å². The van der Waals surface area contributed by atoms with E-state index in [1.807, 2.05) is 0 Å². The predicted molar refractivity (Wildman–Crippen MR) is 34.6 cm³/mol. The summed E-state index contributed by atoms with van der Waals surface area (Å²) in [5.41, 5.74) is 5.20. The van der Waals surface area contributed by atoms with Crippen molar-refractivity contribution in [3.63, 3.8) is 0 Å². The molecular weight excluding hydrogens is 134 g/mol. The Hall–Kier alpha value is -1.10. The van der Waals surface area contributed by atoms with Crippen molar-refractivity contribution in [2.24, 2.45) is 5.73 Å². The van der Waals surface area contributed by atoms with Gasteiger partial charge >= 0.3 is 5.76 Å². The Morgan fingerprint density at radius 1 is 1.80 bits per heavy atom. The van der Waals surface area contributed by atoms with E-state index in [2.05, 4.69) is 9.52 Å². The maximum Gasteiger partial charge on any atom is 0.437 e. The minimum Gasteiger partial charge on any atom is -0.393 e. The topological polar surface area (TPSA) is 74.1 Å². The molecule has 0 spiro atoms. The van der Waals surface area contributed by atoms with Crippen LogP contribution in [0.3, 0.4) is 0 Å². The highest BCUT2D eigenvalue weighted by atomic mass is 16.4. The van der Waals surface area contributed by atoms with Gasteiger partial charge in [-0.1, -0.05) is 0 Å².